The Kier molecular flexibility index (Phi) is 3.15. The molecule has 0 aliphatic rings. The zero-order chi connectivity index (χ0) is 9.84. The maximum Gasteiger partial charge on any atom is 0.318 e. The van der Waals surface area contributed by atoms with Crippen LogP contribution in [0, 0.1) is 6.92 Å². The Morgan fingerprint density at radius 3 is 2.85 bits per heavy atom. The number of nitrogens with one attached hydrogen (secondary N) is 1. The van der Waals surface area contributed by atoms with E-state index in [0.717, 1.165) is 0 Å². The fourth-order valence-electron chi connectivity index (χ4n) is 0.770. The first-order valence-corrected chi connectivity index (χ1v) is 4.45. The summed E-state index contributed by atoms with van der Waals surface area (Å²) in [6.45, 7) is 1.71. The highest BCUT2D eigenvalue weighted by Crippen LogP contribution is 2.10. The molecule has 0 saturated carbocycles. The number of ether oxygens (including phenoxy) is 1. The van der Waals surface area contributed by atoms with E-state index in [4.69, 9.17) is 4.74 Å². The number of anilines is 1. The fourth-order valence-corrected chi connectivity index (χ4v) is 1.05. The number of hydrogen-bond donors (Lipinski definition) is 1. The molecule has 1 aromatic rings. The Bertz CT molecular complexity index is 331. The van der Waals surface area contributed by atoms with Crippen molar-refractivity contribution in [2.24, 2.45) is 0 Å². The van der Waals surface area contributed by atoms with Gasteiger partial charge in [0, 0.05) is 23.0 Å². The second-order valence-electron chi connectivity index (χ2n) is 2.22. The molecule has 0 aliphatic heterocycles. The topological polar surface area (TPSA) is 87.2 Å². The summed E-state index contributed by atoms with van der Waals surface area (Å²) in [6.07, 6.45) is 0. The largest absolute Gasteiger partial charge is 0.755 e. The number of nitrogens with zero attached hydrogens (tertiary/aromatic N) is 2. The second kappa shape index (κ2) is 4.15. The van der Waals surface area contributed by atoms with Crippen LogP contribution >= 0.6 is 0 Å². The molecule has 0 radical (unpaired) electrons. The van der Waals surface area contributed by atoms with Crippen LogP contribution in [0.4, 0.5) is 5.82 Å². The number of hydrogen-bond acceptors (Lipinski definition) is 5. The molecule has 1 heterocycles. The van der Waals surface area contributed by atoms with E-state index in [1.165, 1.54) is 13.2 Å². The van der Waals surface area contributed by atoms with Gasteiger partial charge >= 0.3 is 6.01 Å². The van der Waals surface area contributed by atoms with Gasteiger partial charge in [-0.2, -0.15) is 4.98 Å². The first-order valence-electron chi connectivity index (χ1n) is 3.37. The molecule has 0 aromatic carbocycles. The fraction of sp³-hybridized carbons (Fsp3) is 0.333. The van der Waals surface area contributed by atoms with E-state index in [2.05, 4.69) is 14.7 Å². The molecular weight excluding hydrogens is 194 g/mol. The molecule has 0 bridgehead atoms. The Morgan fingerprint density at radius 1 is 1.62 bits per heavy atom. The third-order valence-corrected chi connectivity index (χ3v) is 1.58. The van der Waals surface area contributed by atoms with Crippen molar-refractivity contribution >= 4 is 17.1 Å². The van der Waals surface area contributed by atoms with Crippen molar-refractivity contribution in [1.29, 1.82) is 0 Å². The third-order valence-electron chi connectivity index (χ3n) is 1.20. The van der Waals surface area contributed by atoms with Gasteiger partial charge in [-0.25, -0.2) is 4.98 Å². The highest BCUT2D eigenvalue weighted by Gasteiger charge is 2.00. The molecule has 0 aliphatic carbocycles. The summed E-state index contributed by atoms with van der Waals surface area (Å²) in [4.78, 5) is 7.64. The summed E-state index contributed by atoms with van der Waals surface area (Å²) in [6, 6.07) is 1.63. The first kappa shape index (κ1) is 9.87. The van der Waals surface area contributed by atoms with Crippen LogP contribution in [0.1, 0.15) is 5.69 Å². The predicted octanol–water partition coefficient (Wildman–Crippen LogP) is -0.000380. The molecule has 72 valence electrons. The summed E-state index contributed by atoms with van der Waals surface area (Å²) in [5, 5.41) is 0. The van der Waals surface area contributed by atoms with Crippen molar-refractivity contribution < 1.29 is 13.5 Å². The van der Waals surface area contributed by atoms with Gasteiger partial charge in [0.1, 0.15) is 5.82 Å². The van der Waals surface area contributed by atoms with E-state index in [-0.39, 0.29) is 11.8 Å². The summed E-state index contributed by atoms with van der Waals surface area (Å²) < 4.78 is 27.4. The summed E-state index contributed by atoms with van der Waals surface area (Å²) in [5.74, 6) is 0.192. The van der Waals surface area contributed by atoms with E-state index in [1.54, 1.807) is 6.92 Å². The molecule has 0 fully saturated rings. The van der Waals surface area contributed by atoms with Crippen molar-refractivity contribution in [3.8, 4) is 6.01 Å². The van der Waals surface area contributed by atoms with Gasteiger partial charge in [-0.1, -0.05) is 0 Å². The number of aryl methyl sites for hydroxylation is 1. The average Bonchev–Trinajstić information content (AvgIpc) is 2.01. The lowest BCUT2D eigenvalue weighted by atomic mass is 10.4. The molecule has 0 saturated heterocycles. The summed E-state index contributed by atoms with van der Waals surface area (Å²) in [7, 11) is 1.41. The average molecular weight is 202 g/mol. The monoisotopic (exact) mass is 202 g/mol. The Labute approximate surface area is 77.8 Å². The van der Waals surface area contributed by atoms with Crippen LogP contribution < -0.4 is 9.46 Å². The lowest BCUT2D eigenvalue weighted by Crippen LogP contribution is -2.06. The zero-order valence-corrected chi connectivity index (χ0v) is 7.92. The summed E-state index contributed by atoms with van der Waals surface area (Å²) in [5.41, 5.74) is 0.625. The molecule has 0 spiro atoms. The van der Waals surface area contributed by atoms with Crippen LogP contribution in [0.5, 0.6) is 6.01 Å². The van der Waals surface area contributed by atoms with Crippen LogP contribution in [0.2, 0.25) is 0 Å². The Balaban J connectivity index is 2.94. The van der Waals surface area contributed by atoms with E-state index < -0.39 is 11.3 Å². The minimum absolute atomic E-state index is 0.132. The standard InChI is InChI=1S/C6H9N3O3S/c1-4-3-5(9-13(10)11)8-6(7-4)12-2/h3H,1-2H3,(H,10,11)(H,7,8,9)/p-1. The number of aromatic nitrogens is 2. The highest BCUT2D eigenvalue weighted by atomic mass is 32.2. The van der Waals surface area contributed by atoms with E-state index in [0.29, 0.717) is 5.69 Å². The molecule has 1 rings (SSSR count). The van der Waals surface area contributed by atoms with E-state index in [9.17, 15) is 8.76 Å². The van der Waals surface area contributed by atoms with Crippen LogP contribution in [0.25, 0.3) is 0 Å². The highest BCUT2D eigenvalue weighted by molar-refractivity contribution is 7.80. The molecule has 13 heavy (non-hydrogen) atoms. The Morgan fingerprint density at radius 2 is 2.31 bits per heavy atom. The first-order chi connectivity index (χ1) is 6.11. The lowest BCUT2D eigenvalue weighted by molar-refractivity contribution is 0.379. The van der Waals surface area contributed by atoms with Crippen LogP contribution in [0.3, 0.4) is 0 Å². The smallest absolute Gasteiger partial charge is 0.318 e. The van der Waals surface area contributed by atoms with Crippen molar-refractivity contribution in [1.82, 2.24) is 9.97 Å². The normalized spacial score (nSPS) is 12.2. The molecule has 1 N–H and O–H groups in total. The number of rotatable bonds is 3. The van der Waals surface area contributed by atoms with Gasteiger partial charge in [-0.3, -0.25) is 4.21 Å². The van der Waals surface area contributed by atoms with E-state index in [1.807, 2.05) is 0 Å². The molecule has 0 amide bonds. The van der Waals surface area contributed by atoms with Gasteiger partial charge in [-0.05, 0) is 6.92 Å². The van der Waals surface area contributed by atoms with Gasteiger partial charge < -0.3 is 14.0 Å². The second-order valence-corrected chi connectivity index (χ2v) is 2.89. The van der Waals surface area contributed by atoms with Gasteiger partial charge in [0.2, 0.25) is 0 Å². The van der Waals surface area contributed by atoms with Crippen molar-refractivity contribution in [3.63, 3.8) is 0 Å². The minimum Gasteiger partial charge on any atom is -0.755 e. The van der Waals surface area contributed by atoms with Gasteiger partial charge in [0.25, 0.3) is 0 Å². The van der Waals surface area contributed by atoms with Crippen molar-refractivity contribution in [2.45, 2.75) is 6.92 Å². The van der Waals surface area contributed by atoms with Gasteiger partial charge in [0.15, 0.2) is 0 Å². The third kappa shape index (κ3) is 2.96. The zero-order valence-electron chi connectivity index (χ0n) is 7.10. The maximum absolute atomic E-state index is 10.3. The molecular formula is C6H8N3O3S-. The van der Waals surface area contributed by atoms with Crippen LogP contribution in [-0.4, -0.2) is 25.8 Å². The lowest BCUT2D eigenvalue weighted by Gasteiger charge is -2.08. The number of methoxy groups -OCH3 is 1. The molecule has 1 unspecified atom stereocenters. The molecule has 6 nitrogen and oxygen atoms in total. The minimum atomic E-state index is -2.38. The van der Waals surface area contributed by atoms with Crippen LogP contribution in [-0.2, 0) is 11.3 Å². The van der Waals surface area contributed by atoms with Gasteiger partial charge in [-0.15, -0.1) is 0 Å². The van der Waals surface area contributed by atoms with Crippen LogP contribution in [0.15, 0.2) is 6.07 Å². The van der Waals surface area contributed by atoms with Crippen molar-refractivity contribution in [2.75, 3.05) is 11.8 Å². The summed E-state index contributed by atoms with van der Waals surface area (Å²) >= 11 is -2.38. The Hall–Kier alpha value is -1.21. The SMILES string of the molecule is COc1nc(C)cc(NS(=O)[O-])n1. The molecule has 1 aromatic heterocycles. The quantitative estimate of drug-likeness (QED) is 0.697. The maximum atomic E-state index is 10.3. The molecule has 1 atom stereocenters. The predicted molar refractivity (Wildman–Crippen MR) is 45.9 cm³/mol. The molecule has 7 heteroatoms. The van der Waals surface area contributed by atoms with Crippen molar-refractivity contribution in [3.05, 3.63) is 11.8 Å². The van der Waals surface area contributed by atoms with Gasteiger partial charge in [0.05, 0.1) is 7.11 Å². The van der Waals surface area contributed by atoms with E-state index >= 15 is 0 Å².